The molecule has 0 amide bonds. The first-order valence-corrected chi connectivity index (χ1v) is 8.25. The van der Waals surface area contributed by atoms with Crippen molar-refractivity contribution in [3.05, 3.63) is 36.0 Å². The van der Waals surface area contributed by atoms with Crippen LogP contribution in [0.15, 0.2) is 30.5 Å². The molecule has 1 aromatic heterocycles. The smallest absolute Gasteiger partial charge is 0.214 e. The first-order valence-electron chi connectivity index (χ1n) is 6.70. The van der Waals surface area contributed by atoms with E-state index < -0.39 is 10.0 Å². The van der Waals surface area contributed by atoms with Crippen LogP contribution in [0.25, 0.3) is 10.9 Å². The summed E-state index contributed by atoms with van der Waals surface area (Å²) in [6.07, 6.45) is 5.52. The molecule has 0 aliphatic heterocycles. The highest BCUT2D eigenvalue weighted by atomic mass is 32.2. The summed E-state index contributed by atoms with van der Waals surface area (Å²) in [5.41, 5.74) is 2.04. The van der Waals surface area contributed by atoms with Crippen LogP contribution in [0.5, 0.6) is 0 Å². The largest absolute Gasteiger partial charge is 0.361 e. The van der Waals surface area contributed by atoms with Crippen molar-refractivity contribution in [1.82, 2.24) is 9.71 Å². The summed E-state index contributed by atoms with van der Waals surface area (Å²) in [4.78, 5) is 3.16. The zero-order valence-electron chi connectivity index (χ0n) is 10.7. The number of para-hydroxylation sites is 1. The number of hydrogen-bond acceptors (Lipinski definition) is 2. The van der Waals surface area contributed by atoms with Gasteiger partial charge in [0.2, 0.25) is 10.0 Å². The maximum Gasteiger partial charge on any atom is 0.214 e. The van der Waals surface area contributed by atoms with Crippen molar-refractivity contribution >= 4 is 20.9 Å². The van der Waals surface area contributed by atoms with Gasteiger partial charge in [-0.1, -0.05) is 31.0 Å². The van der Waals surface area contributed by atoms with Gasteiger partial charge in [0.25, 0.3) is 0 Å². The summed E-state index contributed by atoms with van der Waals surface area (Å²) in [5.74, 6) is 0. The number of fused-ring (bicyclic) bond motifs is 1. The fraction of sp³-hybridized carbons (Fsp3) is 0.429. The molecule has 0 bridgehead atoms. The average molecular weight is 278 g/mol. The maximum atomic E-state index is 12.1. The molecule has 0 saturated heterocycles. The number of nitrogens with one attached hydrogen (secondary N) is 2. The van der Waals surface area contributed by atoms with Gasteiger partial charge in [-0.05, 0) is 24.5 Å². The minimum atomic E-state index is -3.17. The van der Waals surface area contributed by atoms with Crippen LogP contribution >= 0.6 is 0 Å². The fourth-order valence-electron chi connectivity index (χ4n) is 2.77. The summed E-state index contributed by atoms with van der Waals surface area (Å²) in [6, 6.07) is 7.92. The molecule has 102 valence electrons. The van der Waals surface area contributed by atoms with E-state index in [-0.39, 0.29) is 5.25 Å². The van der Waals surface area contributed by atoms with E-state index in [1.807, 2.05) is 30.5 Å². The highest BCUT2D eigenvalue weighted by Gasteiger charge is 2.28. The number of aromatic amines is 1. The first-order chi connectivity index (χ1) is 9.17. The van der Waals surface area contributed by atoms with Crippen LogP contribution in [0.4, 0.5) is 0 Å². The lowest BCUT2D eigenvalue weighted by molar-refractivity contribution is 0.564. The molecule has 2 aromatic rings. The van der Waals surface area contributed by atoms with E-state index in [0.717, 1.165) is 42.1 Å². The van der Waals surface area contributed by atoms with Gasteiger partial charge in [-0.25, -0.2) is 13.1 Å². The van der Waals surface area contributed by atoms with Crippen molar-refractivity contribution in [3.63, 3.8) is 0 Å². The van der Waals surface area contributed by atoms with Gasteiger partial charge < -0.3 is 4.98 Å². The Morgan fingerprint density at radius 1 is 1.21 bits per heavy atom. The Balaban J connectivity index is 1.75. The SMILES string of the molecule is O=S(=O)(NCc1c[nH]c2ccccc12)C1CCCC1. The molecule has 0 unspecified atom stereocenters. The molecule has 2 N–H and O–H groups in total. The molecule has 1 heterocycles. The third-order valence-corrected chi connectivity index (χ3v) is 5.78. The lowest BCUT2D eigenvalue weighted by Crippen LogP contribution is -2.32. The maximum absolute atomic E-state index is 12.1. The van der Waals surface area contributed by atoms with Crippen molar-refractivity contribution in [3.8, 4) is 0 Å². The molecule has 1 aromatic carbocycles. The van der Waals surface area contributed by atoms with Crippen LogP contribution in [0.2, 0.25) is 0 Å². The highest BCUT2D eigenvalue weighted by Crippen LogP contribution is 2.24. The molecule has 0 spiro atoms. The third-order valence-electron chi connectivity index (χ3n) is 3.88. The Labute approximate surface area is 113 Å². The molecule has 1 fully saturated rings. The van der Waals surface area contributed by atoms with Crippen molar-refractivity contribution in [2.75, 3.05) is 0 Å². The van der Waals surface area contributed by atoms with E-state index in [0.29, 0.717) is 6.54 Å². The Morgan fingerprint density at radius 3 is 2.74 bits per heavy atom. The van der Waals surface area contributed by atoms with Crippen molar-refractivity contribution in [1.29, 1.82) is 0 Å². The van der Waals surface area contributed by atoms with E-state index in [4.69, 9.17) is 0 Å². The summed E-state index contributed by atoms with van der Waals surface area (Å²) < 4.78 is 27.0. The summed E-state index contributed by atoms with van der Waals surface area (Å²) in [7, 11) is -3.17. The van der Waals surface area contributed by atoms with Crippen LogP contribution in [0.3, 0.4) is 0 Å². The Hall–Kier alpha value is -1.33. The zero-order valence-corrected chi connectivity index (χ0v) is 11.5. The molecule has 19 heavy (non-hydrogen) atoms. The van der Waals surface area contributed by atoms with Gasteiger partial charge in [0, 0.05) is 23.6 Å². The Morgan fingerprint density at radius 2 is 1.95 bits per heavy atom. The topological polar surface area (TPSA) is 62.0 Å². The molecule has 4 nitrogen and oxygen atoms in total. The van der Waals surface area contributed by atoms with Crippen LogP contribution in [0.1, 0.15) is 31.2 Å². The molecular formula is C14H18N2O2S. The average Bonchev–Trinajstić information content (AvgIpc) is 3.07. The van der Waals surface area contributed by atoms with Gasteiger partial charge in [-0.2, -0.15) is 0 Å². The van der Waals surface area contributed by atoms with Crippen LogP contribution in [-0.4, -0.2) is 18.7 Å². The van der Waals surface area contributed by atoms with Crippen LogP contribution in [0, 0.1) is 0 Å². The molecule has 1 aliphatic carbocycles. The highest BCUT2D eigenvalue weighted by molar-refractivity contribution is 7.90. The molecule has 1 aliphatic rings. The molecule has 3 rings (SSSR count). The van der Waals surface area contributed by atoms with Crippen molar-refractivity contribution < 1.29 is 8.42 Å². The zero-order chi connectivity index (χ0) is 13.3. The normalized spacial score (nSPS) is 17.3. The van der Waals surface area contributed by atoms with E-state index in [1.54, 1.807) is 0 Å². The number of hydrogen-bond donors (Lipinski definition) is 2. The standard InChI is InChI=1S/C14H18N2O2S/c17-19(18,12-5-1-2-6-12)16-10-11-9-15-14-8-4-3-7-13(11)14/h3-4,7-9,12,15-16H,1-2,5-6,10H2. The van der Waals surface area contributed by atoms with Gasteiger partial charge in [-0.15, -0.1) is 0 Å². The van der Waals surface area contributed by atoms with Gasteiger partial charge in [-0.3, -0.25) is 0 Å². The second-order valence-electron chi connectivity index (χ2n) is 5.13. The molecule has 1 saturated carbocycles. The van der Waals surface area contributed by atoms with Crippen molar-refractivity contribution in [2.45, 2.75) is 37.5 Å². The van der Waals surface area contributed by atoms with Gasteiger partial charge in [0.05, 0.1) is 5.25 Å². The van der Waals surface area contributed by atoms with E-state index >= 15 is 0 Å². The number of sulfonamides is 1. The lowest BCUT2D eigenvalue weighted by atomic mass is 10.2. The monoisotopic (exact) mass is 278 g/mol. The number of aromatic nitrogens is 1. The molecule has 5 heteroatoms. The number of H-pyrrole nitrogens is 1. The quantitative estimate of drug-likeness (QED) is 0.902. The minimum absolute atomic E-state index is 0.197. The van der Waals surface area contributed by atoms with Gasteiger partial charge in [0.1, 0.15) is 0 Å². The summed E-state index contributed by atoms with van der Waals surface area (Å²) in [5, 5.41) is 0.884. The summed E-state index contributed by atoms with van der Waals surface area (Å²) >= 11 is 0. The van der Waals surface area contributed by atoms with Gasteiger partial charge >= 0.3 is 0 Å². The third kappa shape index (κ3) is 2.53. The second kappa shape index (κ2) is 4.98. The van der Waals surface area contributed by atoms with Gasteiger partial charge in [0.15, 0.2) is 0 Å². The Kier molecular flexibility index (Phi) is 3.33. The predicted octanol–water partition coefficient (Wildman–Crippen LogP) is 2.53. The predicted molar refractivity (Wildman–Crippen MR) is 76.3 cm³/mol. The molecule has 0 radical (unpaired) electrons. The van der Waals surface area contributed by atoms with Crippen molar-refractivity contribution in [2.24, 2.45) is 0 Å². The van der Waals surface area contributed by atoms with E-state index in [9.17, 15) is 8.42 Å². The summed E-state index contributed by atoms with van der Waals surface area (Å²) in [6.45, 7) is 0.364. The van der Waals surface area contributed by atoms with Crippen LogP contribution < -0.4 is 4.72 Å². The van der Waals surface area contributed by atoms with E-state index in [2.05, 4.69) is 9.71 Å². The molecular weight excluding hydrogens is 260 g/mol. The van der Waals surface area contributed by atoms with Crippen LogP contribution in [-0.2, 0) is 16.6 Å². The Bertz CT molecular complexity index is 670. The fourth-order valence-corrected chi connectivity index (χ4v) is 4.32. The lowest BCUT2D eigenvalue weighted by Gasteiger charge is -2.11. The second-order valence-corrected chi connectivity index (χ2v) is 7.18. The first kappa shape index (κ1) is 12.7. The molecule has 0 atom stereocenters. The van der Waals surface area contributed by atoms with E-state index in [1.165, 1.54) is 0 Å². The minimum Gasteiger partial charge on any atom is -0.361 e. The number of rotatable bonds is 4. The number of benzene rings is 1.